The number of hydrogen-bond donors (Lipinski definition) is 1. The van der Waals surface area contributed by atoms with Crippen LogP contribution in [0.1, 0.15) is 24.1 Å². The Hall–Kier alpha value is -2.87. The monoisotopic (exact) mass is 402 g/mol. The number of esters is 1. The number of ether oxygens (including phenoxy) is 1. The summed E-state index contributed by atoms with van der Waals surface area (Å²) in [6.07, 6.45) is 8.62. The maximum Gasteiger partial charge on any atom is 0.330 e. The van der Waals surface area contributed by atoms with Crippen molar-refractivity contribution in [3.8, 4) is 0 Å². The van der Waals surface area contributed by atoms with Crippen LogP contribution in [0.15, 0.2) is 36.7 Å². The van der Waals surface area contributed by atoms with Gasteiger partial charge in [-0.25, -0.2) is 18.6 Å². The Kier molecular flexibility index (Phi) is 7.24. The molecule has 2 heterocycles. The highest BCUT2D eigenvalue weighted by atomic mass is 19.1. The molecule has 1 N–H and O–H groups in total. The first-order valence-corrected chi connectivity index (χ1v) is 9.54. The van der Waals surface area contributed by atoms with Crippen LogP contribution in [0.2, 0.25) is 0 Å². The lowest BCUT2D eigenvalue weighted by atomic mass is 10.0. The molecule has 0 unspecified atom stereocenters. The van der Waals surface area contributed by atoms with Crippen molar-refractivity contribution in [3.05, 3.63) is 59.6 Å². The number of methoxy groups -OCH3 is 1. The van der Waals surface area contributed by atoms with Gasteiger partial charge in [0.25, 0.3) is 0 Å². The molecule has 1 saturated heterocycles. The van der Waals surface area contributed by atoms with E-state index in [1.807, 2.05) is 0 Å². The molecular formula is C21H24F2N4O2. The summed E-state index contributed by atoms with van der Waals surface area (Å²) in [6.45, 7) is 2.47. The lowest BCUT2D eigenvalue weighted by Crippen LogP contribution is -2.43. The number of carbonyl (C=O) groups excluding carboxylic acids is 1. The van der Waals surface area contributed by atoms with Crippen LogP contribution in [0.25, 0.3) is 6.08 Å². The number of anilines is 1. The fraction of sp³-hybridized carbons (Fsp3) is 0.381. The lowest BCUT2D eigenvalue weighted by Gasteiger charge is -2.33. The molecule has 8 heteroatoms. The third kappa shape index (κ3) is 6.32. The van der Waals surface area contributed by atoms with E-state index < -0.39 is 17.6 Å². The van der Waals surface area contributed by atoms with Crippen LogP contribution < -0.4 is 5.32 Å². The second-order valence-corrected chi connectivity index (χ2v) is 6.95. The number of carbonyl (C=O) groups is 1. The van der Waals surface area contributed by atoms with Gasteiger partial charge in [0.1, 0.15) is 17.5 Å². The van der Waals surface area contributed by atoms with Crippen molar-refractivity contribution < 1.29 is 18.3 Å². The molecule has 0 bridgehead atoms. The largest absolute Gasteiger partial charge is 0.466 e. The minimum absolute atomic E-state index is 0.215. The number of halogens is 2. The fourth-order valence-corrected chi connectivity index (χ4v) is 3.31. The Labute approximate surface area is 168 Å². The van der Waals surface area contributed by atoms with Crippen LogP contribution in [0.5, 0.6) is 0 Å². The second kappa shape index (κ2) is 10.1. The van der Waals surface area contributed by atoms with Crippen molar-refractivity contribution >= 4 is 17.9 Å². The number of hydrogen-bond acceptors (Lipinski definition) is 6. The Morgan fingerprint density at radius 2 is 2.21 bits per heavy atom. The van der Waals surface area contributed by atoms with E-state index >= 15 is 0 Å². The minimum Gasteiger partial charge on any atom is -0.466 e. The van der Waals surface area contributed by atoms with E-state index in [0.29, 0.717) is 30.0 Å². The summed E-state index contributed by atoms with van der Waals surface area (Å²) in [5.41, 5.74) is 1.09. The quantitative estimate of drug-likeness (QED) is 0.567. The molecule has 154 valence electrons. The third-order valence-corrected chi connectivity index (χ3v) is 4.83. The Morgan fingerprint density at radius 1 is 1.34 bits per heavy atom. The molecule has 0 amide bonds. The molecule has 3 rings (SSSR count). The molecule has 0 aliphatic carbocycles. The molecule has 0 radical (unpaired) electrons. The van der Waals surface area contributed by atoms with Gasteiger partial charge in [-0.1, -0.05) is 6.07 Å². The van der Waals surface area contributed by atoms with Gasteiger partial charge in [-0.3, -0.25) is 4.98 Å². The first-order valence-electron chi connectivity index (χ1n) is 9.54. The van der Waals surface area contributed by atoms with Gasteiger partial charge in [-0.2, -0.15) is 0 Å². The van der Waals surface area contributed by atoms with Gasteiger partial charge in [0.05, 0.1) is 25.2 Å². The maximum absolute atomic E-state index is 13.8. The highest BCUT2D eigenvalue weighted by molar-refractivity contribution is 5.86. The predicted molar refractivity (Wildman–Crippen MR) is 106 cm³/mol. The zero-order valence-electron chi connectivity index (χ0n) is 16.3. The van der Waals surface area contributed by atoms with E-state index in [2.05, 4.69) is 24.9 Å². The lowest BCUT2D eigenvalue weighted by molar-refractivity contribution is -0.134. The summed E-state index contributed by atoms with van der Waals surface area (Å²) < 4.78 is 31.4. The first-order chi connectivity index (χ1) is 14.0. The van der Waals surface area contributed by atoms with E-state index in [9.17, 15) is 13.6 Å². The Morgan fingerprint density at radius 3 is 2.93 bits per heavy atom. The van der Waals surface area contributed by atoms with Crippen LogP contribution in [-0.4, -0.2) is 53.6 Å². The zero-order chi connectivity index (χ0) is 20.6. The predicted octanol–water partition coefficient (Wildman–Crippen LogP) is 3.06. The molecular weight excluding hydrogens is 378 g/mol. The molecule has 1 aliphatic heterocycles. The van der Waals surface area contributed by atoms with Gasteiger partial charge in [0.15, 0.2) is 0 Å². The van der Waals surface area contributed by atoms with E-state index in [4.69, 9.17) is 0 Å². The first kappa shape index (κ1) is 20.9. The summed E-state index contributed by atoms with van der Waals surface area (Å²) in [7, 11) is 1.31. The average Bonchev–Trinajstić information content (AvgIpc) is 2.72. The number of aromatic nitrogens is 2. The van der Waals surface area contributed by atoms with Gasteiger partial charge < -0.3 is 15.0 Å². The standard InChI is InChI=1S/C21H24F2N4O2/c1-29-21(28)7-6-17-12-25-20(13-24-17)26-18-3-2-9-27(14-18)10-8-15-4-5-16(22)11-19(15)23/h4-7,11-13,18H,2-3,8-10,14H2,1H3,(H,25,26)/t18-/m1/s1. The molecule has 1 fully saturated rings. The molecule has 0 saturated carbocycles. The number of likely N-dealkylation sites (tertiary alicyclic amines) is 1. The molecule has 6 nitrogen and oxygen atoms in total. The highest BCUT2D eigenvalue weighted by Gasteiger charge is 2.20. The van der Waals surface area contributed by atoms with Crippen molar-refractivity contribution in [2.45, 2.75) is 25.3 Å². The molecule has 2 aromatic rings. The number of piperidine rings is 1. The summed E-state index contributed by atoms with van der Waals surface area (Å²) in [6, 6.07) is 3.95. The van der Waals surface area contributed by atoms with Crippen molar-refractivity contribution in [2.24, 2.45) is 0 Å². The molecule has 1 aliphatic rings. The summed E-state index contributed by atoms with van der Waals surface area (Å²) >= 11 is 0. The van der Waals surface area contributed by atoms with E-state index in [0.717, 1.165) is 32.0 Å². The average molecular weight is 402 g/mol. The molecule has 29 heavy (non-hydrogen) atoms. The van der Waals surface area contributed by atoms with Gasteiger partial charge in [0, 0.05) is 31.3 Å². The van der Waals surface area contributed by atoms with Gasteiger partial charge >= 0.3 is 5.97 Å². The number of nitrogens with zero attached hydrogens (tertiary/aromatic N) is 3. The normalized spacial score (nSPS) is 17.4. The molecule has 0 spiro atoms. The smallest absolute Gasteiger partial charge is 0.330 e. The minimum atomic E-state index is -0.554. The Bertz CT molecular complexity index is 858. The van der Waals surface area contributed by atoms with Gasteiger partial charge in [-0.15, -0.1) is 0 Å². The van der Waals surface area contributed by atoms with E-state index in [1.54, 1.807) is 18.5 Å². The zero-order valence-corrected chi connectivity index (χ0v) is 16.3. The van der Waals surface area contributed by atoms with Crippen LogP contribution in [-0.2, 0) is 16.0 Å². The topological polar surface area (TPSA) is 67.3 Å². The summed E-state index contributed by atoms with van der Waals surface area (Å²) in [5.74, 6) is -0.830. The van der Waals surface area contributed by atoms with Gasteiger partial charge in [0.2, 0.25) is 0 Å². The van der Waals surface area contributed by atoms with Crippen molar-refractivity contribution in [1.82, 2.24) is 14.9 Å². The third-order valence-electron chi connectivity index (χ3n) is 4.83. The second-order valence-electron chi connectivity index (χ2n) is 6.95. The van der Waals surface area contributed by atoms with Crippen molar-refractivity contribution in [1.29, 1.82) is 0 Å². The number of rotatable bonds is 7. The van der Waals surface area contributed by atoms with Crippen molar-refractivity contribution in [3.63, 3.8) is 0 Å². The highest BCUT2D eigenvalue weighted by Crippen LogP contribution is 2.16. The maximum atomic E-state index is 13.8. The molecule has 1 atom stereocenters. The van der Waals surface area contributed by atoms with Crippen LogP contribution >= 0.6 is 0 Å². The summed E-state index contributed by atoms with van der Waals surface area (Å²) in [5, 5.41) is 3.38. The SMILES string of the molecule is COC(=O)C=Cc1cnc(N[C@@H]2CCCN(CCc3ccc(F)cc3F)C2)cn1. The van der Waals surface area contributed by atoms with Crippen molar-refractivity contribution in [2.75, 3.05) is 32.1 Å². The number of nitrogens with one attached hydrogen (secondary N) is 1. The van der Waals surface area contributed by atoms with E-state index in [1.165, 1.54) is 25.3 Å². The van der Waals surface area contributed by atoms with Crippen LogP contribution in [0.3, 0.4) is 0 Å². The van der Waals surface area contributed by atoms with Crippen LogP contribution in [0.4, 0.5) is 14.6 Å². The Balaban J connectivity index is 1.50. The van der Waals surface area contributed by atoms with Crippen LogP contribution in [0, 0.1) is 11.6 Å². The summed E-state index contributed by atoms with van der Waals surface area (Å²) in [4.78, 5) is 22.0. The van der Waals surface area contributed by atoms with Gasteiger partial charge in [-0.05, 0) is 43.5 Å². The molecule has 1 aromatic heterocycles. The number of benzene rings is 1. The van der Waals surface area contributed by atoms with E-state index in [-0.39, 0.29) is 6.04 Å². The fourth-order valence-electron chi connectivity index (χ4n) is 3.31. The molecule has 1 aromatic carbocycles.